The monoisotopic (exact) mass is 173 g/mol. The summed E-state index contributed by atoms with van der Waals surface area (Å²) in [6, 6.07) is 0. The molecule has 0 aliphatic rings. The van der Waals surface area contributed by atoms with E-state index in [1.54, 1.807) is 7.11 Å². The second kappa shape index (κ2) is 7.56. The van der Waals surface area contributed by atoms with Crippen molar-refractivity contribution >= 4 is 0 Å². The Morgan fingerprint density at radius 3 is 2.42 bits per heavy atom. The maximum absolute atomic E-state index is 5.52. The van der Waals surface area contributed by atoms with E-state index in [9.17, 15) is 0 Å². The van der Waals surface area contributed by atoms with E-state index in [2.05, 4.69) is 13.8 Å². The van der Waals surface area contributed by atoms with E-state index in [1.165, 1.54) is 12.8 Å². The molecular formula is C10H23NO. The standard InChI is InChI=1S/C10H23NO/c1-4-10(6-8-12-3)9(2)5-7-11/h9-10H,4-8,11H2,1-3H3/t9-,10-/m1/s1. The summed E-state index contributed by atoms with van der Waals surface area (Å²) >= 11 is 0. The van der Waals surface area contributed by atoms with Crippen molar-refractivity contribution in [3.8, 4) is 0 Å². The molecule has 12 heavy (non-hydrogen) atoms. The quantitative estimate of drug-likeness (QED) is 0.639. The summed E-state index contributed by atoms with van der Waals surface area (Å²) in [4.78, 5) is 0. The number of hydrogen-bond donors (Lipinski definition) is 1. The summed E-state index contributed by atoms with van der Waals surface area (Å²) in [5.74, 6) is 1.53. The molecule has 2 nitrogen and oxygen atoms in total. The van der Waals surface area contributed by atoms with Crippen molar-refractivity contribution in [1.29, 1.82) is 0 Å². The van der Waals surface area contributed by atoms with E-state index >= 15 is 0 Å². The molecule has 2 N–H and O–H groups in total. The Morgan fingerprint density at radius 1 is 1.33 bits per heavy atom. The van der Waals surface area contributed by atoms with Crippen molar-refractivity contribution in [1.82, 2.24) is 0 Å². The van der Waals surface area contributed by atoms with Gasteiger partial charge in [-0.3, -0.25) is 0 Å². The van der Waals surface area contributed by atoms with E-state index in [-0.39, 0.29) is 0 Å². The van der Waals surface area contributed by atoms with Crippen LogP contribution in [-0.2, 0) is 4.74 Å². The van der Waals surface area contributed by atoms with Gasteiger partial charge in [-0.15, -0.1) is 0 Å². The van der Waals surface area contributed by atoms with E-state index in [4.69, 9.17) is 10.5 Å². The number of hydrogen-bond acceptors (Lipinski definition) is 2. The Hall–Kier alpha value is -0.0800. The van der Waals surface area contributed by atoms with Crippen LogP contribution in [0.5, 0.6) is 0 Å². The molecule has 0 spiro atoms. The lowest BCUT2D eigenvalue weighted by molar-refractivity contribution is 0.159. The molecule has 0 rings (SSSR count). The minimum atomic E-state index is 0.746. The zero-order valence-electron chi connectivity index (χ0n) is 8.68. The predicted octanol–water partition coefficient (Wildman–Crippen LogP) is 2.03. The van der Waals surface area contributed by atoms with Gasteiger partial charge in [0.15, 0.2) is 0 Å². The number of rotatable bonds is 7. The van der Waals surface area contributed by atoms with E-state index < -0.39 is 0 Å². The molecule has 0 aliphatic heterocycles. The molecule has 0 fully saturated rings. The average Bonchev–Trinajstić information content (AvgIpc) is 2.06. The van der Waals surface area contributed by atoms with Crippen LogP contribution in [0.15, 0.2) is 0 Å². The van der Waals surface area contributed by atoms with Crippen molar-refractivity contribution < 1.29 is 4.74 Å². The van der Waals surface area contributed by atoms with E-state index in [1.807, 2.05) is 0 Å². The third-order valence-electron chi connectivity index (χ3n) is 2.64. The Balaban J connectivity index is 3.62. The molecule has 0 aliphatic carbocycles. The van der Waals surface area contributed by atoms with E-state index in [0.29, 0.717) is 0 Å². The van der Waals surface area contributed by atoms with Gasteiger partial charge in [-0.25, -0.2) is 0 Å². The normalized spacial score (nSPS) is 16.0. The van der Waals surface area contributed by atoms with Gasteiger partial charge in [0.2, 0.25) is 0 Å². The fourth-order valence-corrected chi connectivity index (χ4v) is 1.66. The summed E-state index contributed by atoms with van der Waals surface area (Å²) < 4.78 is 5.07. The number of ether oxygens (including phenoxy) is 1. The largest absolute Gasteiger partial charge is 0.385 e. The highest BCUT2D eigenvalue weighted by Gasteiger charge is 2.13. The fourth-order valence-electron chi connectivity index (χ4n) is 1.66. The molecule has 2 atom stereocenters. The van der Waals surface area contributed by atoms with Gasteiger partial charge in [-0.2, -0.15) is 0 Å². The van der Waals surface area contributed by atoms with Gasteiger partial charge < -0.3 is 10.5 Å². The van der Waals surface area contributed by atoms with Crippen LogP contribution >= 0.6 is 0 Å². The van der Waals surface area contributed by atoms with Crippen molar-refractivity contribution in [3.05, 3.63) is 0 Å². The first-order chi connectivity index (χ1) is 5.76. The third kappa shape index (κ3) is 4.73. The molecule has 0 radical (unpaired) electrons. The Labute approximate surface area is 76.5 Å². The molecule has 0 amide bonds. The molecule has 0 heterocycles. The van der Waals surface area contributed by atoms with Gasteiger partial charge >= 0.3 is 0 Å². The highest BCUT2D eigenvalue weighted by Crippen LogP contribution is 2.21. The summed E-state index contributed by atoms with van der Waals surface area (Å²) in [6.07, 6.45) is 3.56. The zero-order chi connectivity index (χ0) is 9.40. The summed E-state index contributed by atoms with van der Waals surface area (Å²) in [5, 5.41) is 0. The molecule has 0 bridgehead atoms. The minimum absolute atomic E-state index is 0.746. The van der Waals surface area contributed by atoms with Crippen molar-refractivity contribution in [3.63, 3.8) is 0 Å². The lowest BCUT2D eigenvalue weighted by Gasteiger charge is -2.21. The molecule has 0 aromatic carbocycles. The molecular weight excluding hydrogens is 150 g/mol. The molecule has 0 saturated carbocycles. The first-order valence-corrected chi connectivity index (χ1v) is 4.95. The van der Waals surface area contributed by atoms with Crippen LogP contribution in [0, 0.1) is 11.8 Å². The van der Waals surface area contributed by atoms with Gasteiger partial charge in [0.05, 0.1) is 0 Å². The van der Waals surface area contributed by atoms with Gasteiger partial charge in [-0.05, 0) is 31.2 Å². The fraction of sp³-hybridized carbons (Fsp3) is 1.00. The summed E-state index contributed by atoms with van der Waals surface area (Å²) in [7, 11) is 1.76. The third-order valence-corrected chi connectivity index (χ3v) is 2.64. The van der Waals surface area contributed by atoms with Crippen LogP contribution in [0.3, 0.4) is 0 Å². The van der Waals surface area contributed by atoms with Crippen LogP contribution in [0.2, 0.25) is 0 Å². The molecule has 0 saturated heterocycles. The van der Waals surface area contributed by atoms with Crippen molar-refractivity contribution in [2.24, 2.45) is 17.6 Å². The van der Waals surface area contributed by atoms with Gasteiger partial charge in [-0.1, -0.05) is 20.3 Å². The van der Waals surface area contributed by atoms with E-state index in [0.717, 1.165) is 31.4 Å². The van der Waals surface area contributed by atoms with Gasteiger partial charge in [0.25, 0.3) is 0 Å². The highest BCUT2D eigenvalue weighted by atomic mass is 16.5. The summed E-state index contributed by atoms with van der Waals surface area (Å²) in [6.45, 7) is 6.22. The molecule has 0 aromatic rings. The van der Waals surface area contributed by atoms with Gasteiger partial charge in [0, 0.05) is 13.7 Å². The smallest absolute Gasteiger partial charge is 0.0465 e. The first kappa shape index (κ1) is 11.9. The SMILES string of the molecule is CC[C@H](CCOC)[C@H](C)CCN. The predicted molar refractivity (Wildman–Crippen MR) is 53.1 cm³/mol. The molecule has 74 valence electrons. The second-order valence-electron chi connectivity index (χ2n) is 3.50. The molecule has 0 aromatic heterocycles. The molecule has 2 heteroatoms. The van der Waals surface area contributed by atoms with Crippen LogP contribution in [0.1, 0.15) is 33.1 Å². The second-order valence-corrected chi connectivity index (χ2v) is 3.50. The number of methoxy groups -OCH3 is 1. The maximum Gasteiger partial charge on any atom is 0.0465 e. The lowest BCUT2D eigenvalue weighted by atomic mass is 9.87. The minimum Gasteiger partial charge on any atom is -0.385 e. The Kier molecular flexibility index (Phi) is 7.51. The summed E-state index contributed by atoms with van der Waals surface area (Å²) in [5.41, 5.74) is 5.52. The maximum atomic E-state index is 5.52. The van der Waals surface area contributed by atoms with Crippen LogP contribution in [0.4, 0.5) is 0 Å². The van der Waals surface area contributed by atoms with Gasteiger partial charge in [0.1, 0.15) is 0 Å². The Bertz CT molecular complexity index is 95.8. The Morgan fingerprint density at radius 2 is 2.00 bits per heavy atom. The van der Waals surface area contributed by atoms with Crippen molar-refractivity contribution in [2.45, 2.75) is 33.1 Å². The average molecular weight is 173 g/mol. The van der Waals surface area contributed by atoms with Crippen molar-refractivity contribution in [2.75, 3.05) is 20.3 Å². The van der Waals surface area contributed by atoms with Crippen LogP contribution in [-0.4, -0.2) is 20.3 Å². The first-order valence-electron chi connectivity index (χ1n) is 4.95. The lowest BCUT2D eigenvalue weighted by Crippen LogP contribution is -2.16. The highest BCUT2D eigenvalue weighted by molar-refractivity contribution is 4.65. The topological polar surface area (TPSA) is 35.2 Å². The van der Waals surface area contributed by atoms with Crippen LogP contribution in [0.25, 0.3) is 0 Å². The molecule has 0 unspecified atom stereocenters. The van der Waals surface area contributed by atoms with Crippen LogP contribution < -0.4 is 5.73 Å². The zero-order valence-corrected chi connectivity index (χ0v) is 8.68. The number of nitrogens with two attached hydrogens (primary N) is 1.